The lowest BCUT2D eigenvalue weighted by atomic mass is 9.87. The number of carbonyl (C=O) groups excluding carboxylic acids is 1. The maximum atomic E-state index is 12.9. The van der Waals surface area contributed by atoms with Gasteiger partial charge in [-0.3, -0.25) is 4.79 Å². The number of nitrogens with one attached hydrogen (secondary N) is 2. The molecule has 31 heavy (non-hydrogen) atoms. The van der Waals surface area contributed by atoms with E-state index in [-0.39, 0.29) is 11.3 Å². The molecule has 0 bridgehead atoms. The molecule has 3 aromatic rings. The second-order valence-corrected chi connectivity index (χ2v) is 8.53. The first-order valence-electron chi connectivity index (χ1n) is 10.6. The molecule has 1 aromatic heterocycles. The van der Waals surface area contributed by atoms with Crippen molar-refractivity contribution in [3.63, 3.8) is 0 Å². The molecule has 0 aliphatic heterocycles. The first-order valence-corrected chi connectivity index (χ1v) is 10.6. The maximum absolute atomic E-state index is 12.9. The molecule has 1 heterocycles. The fourth-order valence-electron chi connectivity index (χ4n) is 3.39. The van der Waals surface area contributed by atoms with Gasteiger partial charge in [-0.15, -0.1) is 0 Å². The summed E-state index contributed by atoms with van der Waals surface area (Å²) in [4.78, 5) is 17.3. The molecule has 1 amide bonds. The number of aromatic nitrogens is 1. The van der Waals surface area contributed by atoms with E-state index < -0.39 is 0 Å². The number of ether oxygens (including phenoxy) is 1. The molecule has 2 aromatic carbocycles. The van der Waals surface area contributed by atoms with Gasteiger partial charge in [-0.05, 0) is 58.9 Å². The number of hydrogen-bond donors (Lipinski definition) is 2. The number of benzene rings is 2. The number of amides is 1. The number of methoxy groups -OCH3 is 1. The van der Waals surface area contributed by atoms with Crippen molar-refractivity contribution in [2.45, 2.75) is 46.1 Å². The summed E-state index contributed by atoms with van der Waals surface area (Å²) in [5.74, 6) is 1.25. The van der Waals surface area contributed by atoms with Crippen molar-refractivity contribution in [3.8, 4) is 5.75 Å². The van der Waals surface area contributed by atoms with E-state index in [2.05, 4.69) is 49.4 Å². The van der Waals surface area contributed by atoms with Crippen LogP contribution in [0.25, 0.3) is 0 Å². The number of rotatable bonds is 7. The topological polar surface area (TPSA) is 63.2 Å². The van der Waals surface area contributed by atoms with Crippen LogP contribution in [0.1, 0.15) is 54.7 Å². The SMILES string of the molecule is CCc1cc(CNc2ncccc2C(=O)Nc2ccc(C(C)(C)C)cc2)ccc1OC. The van der Waals surface area contributed by atoms with Crippen LogP contribution in [0, 0.1) is 0 Å². The zero-order valence-electron chi connectivity index (χ0n) is 19.0. The van der Waals surface area contributed by atoms with Crippen LogP contribution in [0.3, 0.4) is 0 Å². The molecule has 0 atom stereocenters. The number of aryl methyl sites for hydroxylation is 1. The van der Waals surface area contributed by atoms with E-state index in [0.29, 0.717) is 17.9 Å². The van der Waals surface area contributed by atoms with Crippen molar-refractivity contribution in [2.75, 3.05) is 17.7 Å². The predicted octanol–water partition coefficient (Wildman–Crippen LogP) is 5.81. The highest BCUT2D eigenvalue weighted by atomic mass is 16.5. The van der Waals surface area contributed by atoms with Crippen molar-refractivity contribution in [1.29, 1.82) is 0 Å². The lowest BCUT2D eigenvalue weighted by Crippen LogP contribution is -2.16. The Morgan fingerprint density at radius 2 is 1.81 bits per heavy atom. The van der Waals surface area contributed by atoms with E-state index in [9.17, 15) is 4.79 Å². The smallest absolute Gasteiger partial charge is 0.259 e. The van der Waals surface area contributed by atoms with E-state index in [1.807, 2.05) is 36.4 Å². The second kappa shape index (κ2) is 9.65. The molecule has 0 aliphatic rings. The Balaban J connectivity index is 1.72. The van der Waals surface area contributed by atoms with Crippen LogP contribution in [-0.2, 0) is 18.4 Å². The van der Waals surface area contributed by atoms with Crippen molar-refractivity contribution >= 4 is 17.4 Å². The molecular formula is C26H31N3O2. The number of nitrogens with zero attached hydrogens (tertiary/aromatic N) is 1. The van der Waals surface area contributed by atoms with Gasteiger partial charge < -0.3 is 15.4 Å². The third kappa shape index (κ3) is 5.63. The fourth-order valence-corrected chi connectivity index (χ4v) is 3.39. The molecule has 5 heteroatoms. The minimum atomic E-state index is -0.192. The van der Waals surface area contributed by atoms with Crippen LogP contribution in [0.4, 0.5) is 11.5 Å². The van der Waals surface area contributed by atoms with Crippen molar-refractivity contribution in [3.05, 3.63) is 83.0 Å². The van der Waals surface area contributed by atoms with Crippen molar-refractivity contribution in [2.24, 2.45) is 0 Å². The van der Waals surface area contributed by atoms with Gasteiger partial charge in [0.25, 0.3) is 5.91 Å². The van der Waals surface area contributed by atoms with Crippen LogP contribution >= 0.6 is 0 Å². The molecule has 0 saturated heterocycles. The van der Waals surface area contributed by atoms with Crippen molar-refractivity contribution < 1.29 is 9.53 Å². The van der Waals surface area contributed by atoms with Crippen molar-refractivity contribution in [1.82, 2.24) is 4.98 Å². The van der Waals surface area contributed by atoms with Gasteiger partial charge in [0, 0.05) is 18.4 Å². The molecule has 0 unspecified atom stereocenters. The molecule has 5 nitrogen and oxygen atoms in total. The average Bonchev–Trinajstić information content (AvgIpc) is 2.77. The Hall–Kier alpha value is -3.34. The Bertz CT molecular complexity index is 1040. The molecular weight excluding hydrogens is 386 g/mol. The molecule has 0 saturated carbocycles. The minimum Gasteiger partial charge on any atom is -0.496 e. The predicted molar refractivity (Wildman–Crippen MR) is 127 cm³/mol. The van der Waals surface area contributed by atoms with E-state index in [1.165, 1.54) is 5.56 Å². The third-order valence-electron chi connectivity index (χ3n) is 5.25. The molecule has 3 rings (SSSR count). The molecule has 162 valence electrons. The summed E-state index contributed by atoms with van der Waals surface area (Å²) < 4.78 is 5.40. The third-order valence-corrected chi connectivity index (χ3v) is 5.25. The summed E-state index contributed by atoms with van der Waals surface area (Å²) in [5.41, 5.74) is 4.82. The number of anilines is 2. The van der Waals surface area contributed by atoms with E-state index in [4.69, 9.17) is 4.74 Å². The van der Waals surface area contributed by atoms with E-state index >= 15 is 0 Å². The first kappa shape index (κ1) is 22.3. The summed E-state index contributed by atoms with van der Waals surface area (Å²) in [6, 6.07) is 17.6. The summed E-state index contributed by atoms with van der Waals surface area (Å²) in [6.45, 7) is 9.17. The molecule has 0 aliphatic carbocycles. The maximum Gasteiger partial charge on any atom is 0.259 e. The van der Waals surface area contributed by atoms with Crippen LogP contribution in [-0.4, -0.2) is 18.0 Å². The Kier molecular flexibility index (Phi) is 6.95. The van der Waals surface area contributed by atoms with Crippen LogP contribution in [0.5, 0.6) is 5.75 Å². The van der Waals surface area contributed by atoms with Gasteiger partial charge in [0.2, 0.25) is 0 Å². The zero-order chi connectivity index (χ0) is 22.4. The first-order chi connectivity index (χ1) is 14.8. The van der Waals surface area contributed by atoms with Gasteiger partial charge in [-0.25, -0.2) is 4.98 Å². The molecule has 2 N–H and O–H groups in total. The second-order valence-electron chi connectivity index (χ2n) is 8.53. The fraction of sp³-hybridized carbons (Fsp3) is 0.308. The van der Waals surface area contributed by atoms with Gasteiger partial charge in [-0.2, -0.15) is 0 Å². The largest absolute Gasteiger partial charge is 0.496 e. The van der Waals surface area contributed by atoms with Gasteiger partial charge in [0.15, 0.2) is 0 Å². The zero-order valence-corrected chi connectivity index (χ0v) is 19.0. The van der Waals surface area contributed by atoms with Gasteiger partial charge >= 0.3 is 0 Å². The van der Waals surface area contributed by atoms with E-state index in [0.717, 1.165) is 29.0 Å². The van der Waals surface area contributed by atoms with E-state index in [1.54, 1.807) is 25.4 Å². The number of pyridine rings is 1. The summed E-state index contributed by atoms with van der Waals surface area (Å²) in [5, 5.41) is 6.27. The minimum absolute atomic E-state index is 0.0715. The lowest BCUT2D eigenvalue weighted by molar-refractivity contribution is 0.102. The Labute approximate surface area is 184 Å². The highest BCUT2D eigenvalue weighted by Crippen LogP contribution is 2.24. The average molecular weight is 418 g/mol. The van der Waals surface area contributed by atoms with Gasteiger partial charge in [0.1, 0.15) is 11.6 Å². The van der Waals surface area contributed by atoms with Gasteiger partial charge in [0.05, 0.1) is 12.7 Å². The monoisotopic (exact) mass is 417 g/mol. The molecule has 0 spiro atoms. The summed E-state index contributed by atoms with van der Waals surface area (Å²) in [6.07, 6.45) is 2.57. The standard InChI is InChI=1S/C26H31N3O2/c1-6-19-16-18(9-14-23(19)31-5)17-28-24-22(8-7-15-27-24)25(30)29-21-12-10-20(11-13-21)26(2,3)4/h7-16H,6,17H2,1-5H3,(H,27,28)(H,29,30). The van der Waals surface area contributed by atoms with Crippen LogP contribution in [0.15, 0.2) is 60.8 Å². The van der Waals surface area contributed by atoms with Crippen LogP contribution in [0.2, 0.25) is 0 Å². The molecule has 0 fully saturated rings. The Morgan fingerprint density at radius 3 is 2.45 bits per heavy atom. The normalized spacial score (nSPS) is 11.1. The summed E-state index contributed by atoms with van der Waals surface area (Å²) >= 11 is 0. The summed E-state index contributed by atoms with van der Waals surface area (Å²) in [7, 11) is 1.68. The quantitative estimate of drug-likeness (QED) is 0.509. The Morgan fingerprint density at radius 1 is 1.06 bits per heavy atom. The number of carbonyl (C=O) groups is 1. The highest BCUT2D eigenvalue weighted by Gasteiger charge is 2.15. The molecule has 0 radical (unpaired) electrons. The van der Waals surface area contributed by atoms with Gasteiger partial charge in [-0.1, -0.05) is 52.0 Å². The van der Waals surface area contributed by atoms with Crippen LogP contribution < -0.4 is 15.4 Å². The number of hydrogen-bond acceptors (Lipinski definition) is 4. The lowest BCUT2D eigenvalue weighted by Gasteiger charge is -2.19. The highest BCUT2D eigenvalue weighted by molar-refractivity contribution is 6.07.